The monoisotopic (exact) mass is 456 g/mol. The number of piperidine rings is 1. The van der Waals surface area contributed by atoms with Crippen molar-refractivity contribution in [3.05, 3.63) is 35.9 Å². The van der Waals surface area contributed by atoms with Crippen molar-refractivity contribution in [1.29, 1.82) is 0 Å². The summed E-state index contributed by atoms with van der Waals surface area (Å²) in [4.78, 5) is 17.8. The maximum atomic E-state index is 13.1. The van der Waals surface area contributed by atoms with Crippen LogP contribution in [-0.2, 0) is 11.2 Å². The maximum absolute atomic E-state index is 13.1. The second-order valence-corrected chi connectivity index (χ2v) is 9.00. The van der Waals surface area contributed by atoms with Crippen LogP contribution in [0.25, 0.3) is 0 Å². The van der Waals surface area contributed by atoms with E-state index in [4.69, 9.17) is 0 Å². The summed E-state index contributed by atoms with van der Waals surface area (Å²) in [5.41, 5.74) is 1.79. The van der Waals surface area contributed by atoms with Crippen LogP contribution in [0.3, 0.4) is 0 Å². The number of carbonyl (C=O) groups is 1. The highest BCUT2D eigenvalue weighted by Crippen LogP contribution is 2.37. The molecule has 0 radical (unpaired) electrons. The highest BCUT2D eigenvalue weighted by atomic mass is 35.5. The molecule has 0 aliphatic carbocycles. The number of benzene rings is 1. The van der Waals surface area contributed by atoms with E-state index < -0.39 is 0 Å². The molecule has 0 saturated carbocycles. The van der Waals surface area contributed by atoms with Gasteiger partial charge < -0.3 is 20.4 Å². The van der Waals surface area contributed by atoms with E-state index >= 15 is 0 Å². The van der Waals surface area contributed by atoms with Gasteiger partial charge in [-0.1, -0.05) is 30.3 Å². The normalized spacial score (nSPS) is 24.0. The molecule has 3 heterocycles. The molecular formula is C23H38Cl2N4O. The summed E-state index contributed by atoms with van der Waals surface area (Å²) >= 11 is 0. The predicted octanol–water partition coefficient (Wildman–Crippen LogP) is 2.73. The zero-order valence-electron chi connectivity index (χ0n) is 18.0. The lowest BCUT2D eigenvalue weighted by Crippen LogP contribution is -2.45. The molecule has 170 valence electrons. The van der Waals surface area contributed by atoms with Gasteiger partial charge in [-0.05, 0) is 75.7 Å². The molecule has 3 saturated heterocycles. The number of amides is 1. The van der Waals surface area contributed by atoms with Crippen molar-refractivity contribution in [2.75, 3.05) is 52.4 Å². The van der Waals surface area contributed by atoms with Crippen LogP contribution in [0.4, 0.5) is 0 Å². The van der Waals surface area contributed by atoms with Crippen molar-refractivity contribution in [3.8, 4) is 0 Å². The van der Waals surface area contributed by atoms with Crippen molar-refractivity contribution in [3.63, 3.8) is 0 Å². The van der Waals surface area contributed by atoms with E-state index in [1.807, 2.05) is 0 Å². The van der Waals surface area contributed by atoms with Gasteiger partial charge in [0.1, 0.15) is 0 Å². The van der Waals surface area contributed by atoms with Crippen LogP contribution in [0.1, 0.15) is 37.7 Å². The number of rotatable bonds is 5. The van der Waals surface area contributed by atoms with Gasteiger partial charge in [-0.3, -0.25) is 4.79 Å². The Morgan fingerprint density at radius 1 is 1.03 bits per heavy atom. The topological polar surface area (TPSA) is 47.6 Å². The number of halogens is 2. The third kappa shape index (κ3) is 6.57. The van der Waals surface area contributed by atoms with E-state index in [9.17, 15) is 4.79 Å². The predicted molar refractivity (Wildman–Crippen MR) is 128 cm³/mol. The largest absolute Gasteiger partial charge is 0.340 e. The fourth-order valence-corrected chi connectivity index (χ4v) is 5.22. The Balaban J connectivity index is 0.00000160. The van der Waals surface area contributed by atoms with Gasteiger partial charge in [0.2, 0.25) is 5.91 Å². The summed E-state index contributed by atoms with van der Waals surface area (Å²) < 4.78 is 0. The molecular weight excluding hydrogens is 419 g/mol. The number of hydrogen-bond donors (Lipinski definition) is 2. The van der Waals surface area contributed by atoms with Crippen LogP contribution >= 0.6 is 24.8 Å². The average Bonchev–Trinajstić information content (AvgIpc) is 2.98. The summed E-state index contributed by atoms with van der Waals surface area (Å²) in [5, 5.41) is 7.02. The molecule has 1 aromatic carbocycles. The van der Waals surface area contributed by atoms with E-state index in [2.05, 4.69) is 50.8 Å². The summed E-state index contributed by atoms with van der Waals surface area (Å²) in [6.07, 6.45) is 6.88. The fourth-order valence-electron chi connectivity index (χ4n) is 5.22. The lowest BCUT2D eigenvalue weighted by atomic mass is 9.77. The third-order valence-corrected chi connectivity index (χ3v) is 7.01. The van der Waals surface area contributed by atoms with Gasteiger partial charge in [0.25, 0.3) is 0 Å². The number of aryl methyl sites for hydroxylation is 1. The first-order chi connectivity index (χ1) is 13.7. The van der Waals surface area contributed by atoms with Gasteiger partial charge in [0, 0.05) is 26.2 Å². The molecule has 0 bridgehead atoms. The molecule has 1 amide bonds. The van der Waals surface area contributed by atoms with E-state index in [1.54, 1.807) is 0 Å². The minimum absolute atomic E-state index is 0. The van der Waals surface area contributed by atoms with Crippen molar-refractivity contribution < 1.29 is 4.79 Å². The van der Waals surface area contributed by atoms with Crippen LogP contribution in [0.5, 0.6) is 0 Å². The Morgan fingerprint density at radius 3 is 2.57 bits per heavy atom. The summed E-state index contributed by atoms with van der Waals surface area (Å²) in [6.45, 7) is 8.29. The molecule has 4 rings (SSSR count). The maximum Gasteiger partial charge on any atom is 0.239 e. The number of nitrogens with zero attached hydrogens (tertiary/aromatic N) is 2. The molecule has 2 N–H and O–H groups in total. The van der Waals surface area contributed by atoms with Gasteiger partial charge >= 0.3 is 0 Å². The minimum Gasteiger partial charge on any atom is -0.340 e. The Morgan fingerprint density at radius 2 is 1.80 bits per heavy atom. The summed E-state index contributed by atoms with van der Waals surface area (Å²) in [5.74, 6) is 0.349. The van der Waals surface area contributed by atoms with E-state index in [1.165, 1.54) is 24.8 Å². The van der Waals surface area contributed by atoms with E-state index in [-0.39, 0.29) is 30.9 Å². The van der Waals surface area contributed by atoms with Crippen LogP contribution < -0.4 is 10.6 Å². The Labute approximate surface area is 194 Å². The van der Waals surface area contributed by atoms with Crippen LogP contribution in [0, 0.1) is 5.41 Å². The van der Waals surface area contributed by atoms with Crippen molar-refractivity contribution >= 4 is 30.7 Å². The van der Waals surface area contributed by atoms with Gasteiger partial charge in [0.15, 0.2) is 0 Å². The first-order valence-electron chi connectivity index (χ1n) is 11.2. The molecule has 1 atom stereocenters. The summed E-state index contributed by atoms with van der Waals surface area (Å²) in [6, 6.07) is 10.8. The van der Waals surface area contributed by atoms with Gasteiger partial charge in [-0.25, -0.2) is 0 Å². The van der Waals surface area contributed by atoms with Gasteiger partial charge in [-0.15, -0.1) is 24.8 Å². The van der Waals surface area contributed by atoms with Crippen LogP contribution in [-0.4, -0.2) is 74.1 Å². The molecule has 0 aromatic heterocycles. The second-order valence-electron chi connectivity index (χ2n) is 9.00. The molecule has 5 nitrogen and oxygen atoms in total. The zero-order valence-corrected chi connectivity index (χ0v) is 19.6. The first kappa shape index (κ1) is 25.4. The molecule has 30 heavy (non-hydrogen) atoms. The Hall–Kier alpha value is -0.850. The van der Waals surface area contributed by atoms with Crippen molar-refractivity contribution in [1.82, 2.24) is 20.4 Å². The molecule has 3 aliphatic heterocycles. The highest BCUT2D eigenvalue weighted by Gasteiger charge is 2.43. The van der Waals surface area contributed by atoms with Crippen LogP contribution in [0.15, 0.2) is 30.3 Å². The molecule has 1 spiro atoms. The second kappa shape index (κ2) is 12.3. The fraction of sp³-hybridized carbons (Fsp3) is 0.696. The van der Waals surface area contributed by atoms with E-state index in [0.29, 0.717) is 11.3 Å². The minimum atomic E-state index is 0. The number of carbonyl (C=O) groups excluding carboxylic acids is 1. The van der Waals surface area contributed by atoms with Crippen molar-refractivity contribution in [2.45, 2.75) is 44.6 Å². The zero-order chi connectivity index (χ0) is 19.2. The highest BCUT2D eigenvalue weighted by molar-refractivity contribution is 5.85. The standard InChI is InChI=1S/C23H36N4O.2ClH/c28-22(21-18-23(19-25-21)9-11-24-12-10-23)27-15-5-14-26(16-17-27)13-4-8-20-6-2-1-3-7-20;;/h1-3,6-7,21,24-25H,4-5,8-19H2;2*1H. The SMILES string of the molecule is Cl.Cl.O=C(C1CC2(CCNCC2)CN1)N1CCCN(CCCc2ccccc2)CC1. The quantitative estimate of drug-likeness (QED) is 0.714. The third-order valence-electron chi connectivity index (χ3n) is 7.01. The van der Waals surface area contributed by atoms with Crippen molar-refractivity contribution in [2.24, 2.45) is 5.41 Å². The number of nitrogens with one attached hydrogen (secondary N) is 2. The Kier molecular flexibility index (Phi) is 10.4. The first-order valence-corrected chi connectivity index (χ1v) is 11.2. The molecule has 3 aliphatic rings. The lowest BCUT2D eigenvalue weighted by molar-refractivity contribution is -0.133. The summed E-state index contributed by atoms with van der Waals surface area (Å²) in [7, 11) is 0. The Bertz CT molecular complexity index is 639. The van der Waals surface area contributed by atoms with Gasteiger partial charge in [-0.2, -0.15) is 0 Å². The van der Waals surface area contributed by atoms with Crippen LogP contribution in [0.2, 0.25) is 0 Å². The van der Waals surface area contributed by atoms with Gasteiger partial charge in [0.05, 0.1) is 6.04 Å². The molecule has 1 aromatic rings. The number of hydrogen-bond acceptors (Lipinski definition) is 4. The lowest BCUT2D eigenvalue weighted by Gasteiger charge is -2.33. The van der Waals surface area contributed by atoms with E-state index in [0.717, 1.165) is 71.6 Å². The molecule has 1 unspecified atom stereocenters. The molecule has 3 fully saturated rings. The average molecular weight is 457 g/mol. The molecule has 7 heteroatoms. The smallest absolute Gasteiger partial charge is 0.239 e.